The summed E-state index contributed by atoms with van der Waals surface area (Å²) in [5.74, 6) is 2.49. The number of amides is 10. The van der Waals surface area contributed by atoms with Crippen LogP contribution in [-0.2, 0) is 133 Å². The fraction of sp³-hybridized carbons (Fsp3) is 0.840. The van der Waals surface area contributed by atoms with E-state index in [9.17, 15) is 52.3 Å². The second kappa shape index (κ2) is 74.6. The summed E-state index contributed by atoms with van der Waals surface area (Å²) in [6.45, 7) is 26.2. The highest BCUT2D eigenvalue weighted by atomic mass is 19.1. The number of hydrogen-bond donors (Lipinski definition) is 9. The second-order valence-corrected chi connectivity index (χ2v) is 40.3. The molecule has 7 fully saturated rings. The Hall–Kier alpha value is -7.44. The van der Waals surface area contributed by atoms with Crippen molar-refractivity contribution in [1.82, 2.24) is 42.1 Å². The molecule has 5 saturated carbocycles. The molecule has 41 nitrogen and oxygen atoms in total. The summed E-state index contributed by atoms with van der Waals surface area (Å²) in [4.78, 5) is 135. The van der Waals surface area contributed by atoms with Gasteiger partial charge in [-0.15, -0.1) is 0 Å². The zero-order chi connectivity index (χ0) is 106. The molecular weight excluding hydrogens is 1920 g/mol. The van der Waals surface area contributed by atoms with E-state index >= 15 is 0 Å². The number of amidine groups is 1. The minimum absolute atomic E-state index is 0.0184. The number of urea groups is 1. The van der Waals surface area contributed by atoms with E-state index in [1.807, 2.05) is 0 Å². The van der Waals surface area contributed by atoms with E-state index < -0.39 is 41.2 Å². The number of anilines is 1. The molecule has 7 aliphatic rings. The Labute approximate surface area is 876 Å². The Kier molecular flexibility index (Phi) is 63.3. The number of ether oxygens (including phenoxy) is 19. The lowest BCUT2D eigenvalue weighted by molar-refractivity contribution is -0.163. The van der Waals surface area contributed by atoms with Crippen LogP contribution in [-0.4, -0.2) is 383 Å². The molecule has 11 atom stereocenters. The van der Waals surface area contributed by atoms with Gasteiger partial charge < -0.3 is 138 Å². The largest absolute Gasteiger partial charge is 0.462 e. The number of nitrogens with one attached hydrogen (secondary N) is 7. The van der Waals surface area contributed by atoms with E-state index in [0.29, 0.717) is 267 Å². The van der Waals surface area contributed by atoms with Gasteiger partial charge in [-0.2, -0.15) is 0 Å². The third-order valence-electron chi connectivity index (χ3n) is 29.4. The molecule has 0 radical (unpaired) electrons. The van der Waals surface area contributed by atoms with Crippen LogP contribution in [0.15, 0.2) is 29.3 Å². The van der Waals surface area contributed by atoms with Crippen molar-refractivity contribution in [3.05, 3.63) is 30.1 Å². The molecule has 10 amide bonds. The van der Waals surface area contributed by atoms with E-state index in [4.69, 9.17) is 106 Å². The van der Waals surface area contributed by atoms with Crippen LogP contribution in [0.5, 0.6) is 0 Å². The number of primary amides is 1. The molecule has 846 valence electrons. The van der Waals surface area contributed by atoms with Gasteiger partial charge in [-0.05, 0) is 160 Å². The van der Waals surface area contributed by atoms with Crippen LogP contribution >= 0.6 is 0 Å². The molecular formula is C106H181FN12O29. The number of nitrogens with two attached hydrogens (primary N) is 2. The molecule has 42 heteroatoms. The summed E-state index contributed by atoms with van der Waals surface area (Å²) >= 11 is 0. The van der Waals surface area contributed by atoms with Gasteiger partial charge in [-0.25, -0.2) is 9.18 Å². The summed E-state index contributed by atoms with van der Waals surface area (Å²) in [6.07, 6.45) is 21.2. The molecule has 5 aliphatic carbocycles. The number of nitrogens with zero attached hydrogens (tertiary/aromatic N) is 3. The maximum absolute atomic E-state index is 14.4. The van der Waals surface area contributed by atoms with E-state index in [1.165, 1.54) is 69.9 Å². The van der Waals surface area contributed by atoms with Crippen molar-refractivity contribution in [1.29, 1.82) is 0 Å². The number of carbonyl (C=O) groups is 10. The number of rotatable bonds is 85. The number of esters is 1. The van der Waals surface area contributed by atoms with Gasteiger partial charge >= 0.3 is 12.0 Å². The fourth-order valence-electron chi connectivity index (χ4n) is 21.5. The standard InChI is InChI=1S/C106H181FN12O29/c1-80(2)11-9-12-81(3)88-19-20-89-87-18-17-82-77-86(23-30-104(82,4)90(87)24-31-105(88,89)5)148-99(126)79-92(100(109)127)116-97(124)29-45-134-55-65-144-73-75-146-69-59-138-49-37-113-94(121)26-42-131-52-62-141-66-56-135-46-34-110-95(122)27-43-132-53-63-142-71-74-145-68-58-137-48-36-112-93(120)25-41-130-51-61-140-67-57-136-47-35-111-96(123)28-44-133-54-64-143-72-76-147-70-60-139-50-38-114-101(128)91(108)21-22-98(125)118-39-32-106(33-40-118)102(115-84-14-7-6-8-15-84)117-103(129)119(106)85-16-10-13-83(107)78-85/h10,13,16,78,80-82,84,86-92H,6-9,11-12,14-15,17-77,79,108H2,1-5H3,(H2,109,127)(H,110,122)(H,111,123)(H,112,120)(H,113,121)(H,114,128)(H,116,124)(H,115,117,129)/t81-,82+,86+,87+,88-,89+,90+,91+,92+,104+,105-/m1/s1. The molecule has 8 rings (SSSR count). The van der Waals surface area contributed by atoms with Crippen molar-refractivity contribution >= 4 is 70.8 Å². The summed E-state index contributed by atoms with van der Waals surface area (Å²) in [5.41, 5.74) is 12.1. The SMILES string of the molecule is CC(C)CCC[C@@H](C)[C@H]1CC[C@H]2[C@@H]3CC[C@H]4C[C@@H](OC(=O)C[C@H](NC(=O)CCOCCOCCOCCOCCNC(=O)CCOCCOCCOCCNC(=O)CCOCCOCCOCCOCCNC(=O)CCOCCOCCOCCNC(=O)CCOCCOCCOCCOCCNC(=O)[C@@H](N)CCC(=O)N5CCC6(CC5)C(=NC5CCCCC5)NC(=O)N6c5cccc(F)c5)C(N)=O)CC[C@]4(C)[C@H]3CC[C@]12C. The van der Waals surface area contributed by atoms with Crippen molar-refractivity contribution in [3.63, 3.8) is 0 Å². The predicted octanol–water partition coefficient (Wildman–Crippen LogP) is 6.78. The topological polar surface area (TPSA) is 501 Å². The lowest BCUT2D eigenvalue weighted by atomic mass is 9.44. The van der Waals surface area contributed by atoms with Gasteiger partial charge in [0.1, 0.15) is 29.3 Å². The summed E-state index contributed by atoms with van der Waals surface area (Å²) < 4.78 is 120. The Balaban J connectivity index is 0.454. The zero-order valence-corrected chi connectivity index (χ0v) is 89.4. The van der Waals surface area contributed by atoms with E-state index in [1.54, 1.807) is 21.9 Å². The quantitative estimate of drug-likeness (QED) is 0.0240. The number of likely N-dealkylation sites (tertiary alicyclic amines) is 1. The van der Waals surface area contributed by atoms with Crippen molar-refractivity contribution in [2.24, 2.45) is 68.7 Å². The number of benzene rings is 1. The number of hydrogen-bond acceptors (Lipinski definition) is 31. The summed E-state index contributed by atoms with van der Waals surface area (Å²) in [6, 6.07) is 3.67. The average molecular weight is 2110 g/mol. The van der Waals surface area contributed by atoms with Crippen LogP contribution < -0.4 is 53.6 Å². The van der Waals surface area contributed by atoms with Crippen LogP contribution in [0.1, 0.15) is 208 Å². The molecule has 148 heavy (non-hydrogen) atoms. The minimum atomic E-state index is -1.17. The van der Waals surface area contributed by atoms with Crippen LogP contribution in [0.3, 0.4) is 0 Å². The maximum atomic E-state index is 14.4. The van der Waals surface area contributed by atoms with Gasteiger partial charge in [-0.1, -0.05) is 79.2 Å². The monoisotopic (exact) mass is 2110 g/mol. The average Bonchev–Trinajstić information content (AvgIpc) is 1.50. The first-order chi connectivity index (χ1) is 71.9. The van der Waals surface area contributed by atoms with Gasteiger partial charge in [0.2, 0.25) is 47.3 Å². The molecule has 11 N–H and O–H groups in total. The molecule has 0 aromatic heterocycles. The van der Waals surface area contributed by atoms with Gasteiger partial charge in [-0.3, -0.25) is 58.4 Å². The highest BCUT2D eigenvalue weighted by Gasteiger charge is 2.61. The predicted molar refractivity (Wildman–Crippen MR) is 549 cm³/mol. The molecule has 0 unspecified atom stereocenters. The van der Waals surface area contributed by atoms with Crippen molar-refractivity contribution in [2.45, 2.75) is 238 Å². The van der Waals surface area contributed by atoms with Crippen LogP contribution in [0, 0.1) is 58.1 Å². The number of fused-ring (bicyclic) bond motifs is 5. The zero-order valence-electron chi connectivity index (χ0n) is 89.4. The molecule has 1 aromatic rings. The fourth-order valence-corrected chi connectivity index (χ4v) is 21.5. The van der Waals surface area contributed by atoms with Gasteiger partial charge in [0.25, 0.3) is 0 Å². The van der Waals surface area contributed by atoms with Gasteiger partial charge in [0, 0.05) is 90.0 Å². The van der Waals surface area contributed by atoms with E-state index in [0.717, 1.165) is 86.9 Å². The number of aliphatic imine (C=N–C) groups is 1. The van der Waals surface area contributed by atoms with Crippen molar-refractivity contribution in [3.8, 4) is 0 Å². The lowest BCUT2D eigenvalue weighted by Crippen LogP contribution is -2.58. The number of halogens is 1. The van der Waals surface area contributed by atoms with E-state index in [2.05, 4.69) is 71.8 Å². The Bertz CT molecular complexity index is 3940. The number of piperidine rings is 1. The smallest absolute Gasteiger partial charge is 0.328 e. The molecule has 0 bridgehead atoms. The third-order valence-corrected chi connectivity index (χ3v) is 29.4. The Morgan fingerprint density at radius 2 is 0.858 bits per heavy atom. The van der Waals surface area contributed by atoms with Gasteiger partial charge in [0.05, 0.1) is 256 Å². The number of carbonyl (C=O) groups excluding carboxylic acids is 10. The second-order valence-electron chi connectivity index (χ2n) is 40.3. The molecule has 1 aromatic carbocycles. The van der Waals surface area contributed by atoms with Crippen LogP contribution in [0.25, 0.3) is 0 Å². The lowest BCUT2D eigenvalue weighted by Gasteiger charge is -2.61. The first-order valence-corrected chi connectivity index (χ1v) is 54.9. The highest BCUT2D eigenvalue weighted by molar-refractivity contribution is 6.19. The molecule has 1 spiro atoms. The van der Waals surface area contributed by atoms with Crippen molar-refractivity contribution < 1.29 is 142 Å². The first kappa shape index (κ1) is 126. The van der Waals surface area contributed by atoms with Crippen LogP contribution in [0.4, 0.5) is 14.9 Å². The van der Waals surface area contributed by atoms with E-state index in [-0.39, 0.29) is 163 Å². The summed E-state index contributed by atoms with van der Waals surface area (Å²) in [5, 5.41) is 19.5. The van der Waals surface area contributed by atoms with Crippen molar-refractivity contribution in [2.75, 3.05) is 289 Å². The van der Waals surface area contributed by atoms with Crippen LogP contribution in [0.2, 0.25) is 0 Å². The molecule has 2 aliphatic heterocycles. The first-order valence-electron chi connectivity index (χ1n) is 54.9. The highest BCUT2D eigenvalue weighted by Crippen LogP contribution is 2.69. The normalized spacial score (nSPS) is 21.5. The maximum Gasteiger partial charge on any atom is 0.328 e. The molecule has 2 saturated heterocycles. The van der Waals surface area contributed by atoms with Gasteiger partial charge in [0.15, 0.2) is 0 Å². The third kappa shape index (κ3) is 48.9. The summed E-state index contributed by atoms with van der Waals surface area (Å²) in [7, 11) is 0. The Morgan fingerprint density at radius 3 is 1.28 bits per heavy atom. The minimum Gasteiger partial charge on any atom is -0.462 e. The molecule has 2 heterocycles. The Morgan fingerprint density at radius 1 is 0.453 bits per heavy atom.